The summed E-state index contributed by atoms with van der Waals surface area (Å²) in [6, 6.07) is -0.194. The van der Waals surface area contributed by atoms with E-state index in [1.54, 1.807) is 27.8 Å². The SMILES string of the molecule is CN=C(NCCCNC(=O)OC(C)(C)C)NC1CCN(S(=O)(=O)C(F)(F)F)CC1. The van der Waals surface area contributed by atoms with E-state index >= 15 is 0 Å². The second-order valence-corrected chi connectivity index (χ2v) is 9.48. The maximum atomic E-state index is 12.6. The molecule has 13 heteroatoms. The minimum absolute atomic E-state index is 0.194. The molecular formula is C16H30F3N5O4S. The van der Waals surface area contributed by atoms with Crippen LogP contribution in [0.2, 0.25) is 0 Å². The van der Waals surface area contributed by atoms with Gasteiger partial charge in [0.2, 0.25) is 0 Å². The fraction of sp³-hybridized carbons (Fsp3) is 0.875. The smallest absolute Gasteiger partial charge is 0.444 e. The molecule has 0 saturated carbocycles. The van der Waals surface area contributed by atoms with Crippen LogP contribution in [0.25, 0.3) is 0 Å². The number of rotatable bonds is 6. The lowest BCUT2D eigenvalue weighted by Crippen LogP contribution is -2.51. The van der Waals surface area contributed by atoms with Crippen molar-refractivity contribution < 1.29 is 31.1 Å². The number of piperidine rings is 1. The normalized spacial score (nSPS) is 17.7. The monoisotopic (exact) mass is 445 g/mol. The highest BCUT2D eigenvalue weighted by Gasteiger charge is 2.50. The number of nitrogens with zero attached hydrogens (tertiary/aromatic N) is 2. The second kappa shape index (κ2) is 10.3. The van der Waals surface area contributed by atoms with Crippen LogP contribution in [0, 0.1) is 0 Å². The molecule has 0 atom stereocenters. The molecule has 0 aromatic heterocycles. The number of hydrogen-bond donors (Lipinski definition) is 3. The molecule has 29 heavy (non-hydrogen) atoms. The third-order valence-corrected chi connectivity index (χ3v) is 5.59. The molecule has 0 unspecified atom stereocenters. The number of nitrogens with one attached hydrogen (secondary N) is 3. The number of carbonyl (C=O) groups excluding carboxylic acids is 1. The minimum Gasteiger partial charge on any atom is -0.444 e. The van der Waals surface area contributed by atoms with Crippen molar-refractivity contribution in [2.75, 3.05) is 33.2 Å². The zero-order chi connectivity index (χ0) is 22.3. The third kappa shape index (κ3) is 8.64. The molecule has 1 rings (SSSR count). The summed E-state index contributed by atoms with van der Waals surface area (Å²) < 4.78 is 66.2. The van der Waals surface area contributed by atoms with Gasteiger partial charge in [0.25, 0.3) is 0 Å². The lowest BCUT2D eigenvalue weighted by atomic mass is 10.1. The summed E-state index contributed by atoms with van der Waals surface area (Å²) in [6.07, 6.45) is 0.565. The van der Waals surface area contributed by atoms with Crippen LogP contribution in [0.4, 0.5) is 18.0 Å². The van der Waals surface area contributed by atoms with Crippen LogP contribution in [0.3, 0.4) is 0 Å². The zero-order valence-electron chi connectivity index (χ0n) is 17.1. The Morgan fingerprint density at radius 3 is 2.17 bits per heavy atom. The molecule has 1 aliphatic heterocycles. The zero-order valence-corrected chi connectivity index (χ0v) is 17.9. The van der Waals surface area contributed by atoms with E-state index in [9.17, 15) is 26.4 Å². The Hall–Kier alpha value is -1.76. The lowest BCUT2D eigenvalue weighted by Gasteiger charge is -2.32. The first-order valence-electron chi connectivity index (χ1n) is 9.26. The maximum Gasteiger partial charge on any atom is 0.511 e. The molecule has 0 aromatic rings. The van der Waals surface area contributed by atoms with Gasteiger partial charge in [-0.2, -0.15) is 17.5 Å². The predicted octanol–water partition coefficient (Wildman–Crippen LogP) is 1.38. The van der Waals surface area contributed by atoms with E-state index in [1.807, 2.05) is 0 Å². The van der Waals surface area contributed by atoms with Gasteiger partial charge in [0.1, 0.15) is 5.60 Å². The minimum atomic E-state index is -5.28. The van der Waals surface area contributed by atoms with Crippen LogP contribution >= 0.6 is 0 Å². The quantitative estimate of drug-likeness (QED) is 0.324. The number of carbonyl (C=O) groups is 1. The highest BCUT2D eigenvalue weighted by molar-refractivity contribution is 7.90. The molecule has 170 valence electrons. The van der Waals surface area contributed by atoms with E-state index in [2.05, 4.69) is 20.9 Å². The number of aliphatic imine (C=N–C) groups is 1. The van der Waals surface area contributed by atoms with Gasteiger partial charge in [0, 0.05) is 39.3 Å². The van der Waals surface area contributed by atoms with Gasteiger partial charge in [-0.3, -0.25) is 4.99 Å². The molecular weight excluding hydrogens is 415 g/mol. The van der Waals surface area contributed by atoms with Crippen molar-refractivity contribution in [3.05, 3.63) is 0 Å². The number of sulfonamides is 1. The highest BCUT2D eigenvalue weighted by atomic mass is 32.2. The number of hydrogen-bond acceptors (Lipinski definition) is 5. The molecule has 0 aromatic carbocycles. The summed E-state index contributed by atoms with van der Waals surface area (Å²) in [4.78, 5) is 15.6. The number of halogens is 3. The molecule has 9 nitrogen and oxygen atoms in total. The molecule has 0 bridgehead atoms. The average Bonchev–Trinajstić information content (AvgIpc) is 2.58. The Bertz CT molecular complexity index is 669. The summed E-state index contributed by atoms with van der Waals surface area (Å²) in [7, 11) is -3.73. The van der Waals surface area contributed by atoms with Crippen LogP contribution in [-0.2, 0) is 14.8 Å². The van der Waals surface area contributed by atoms with Crippen LogP contribution in [0.5, 0.6) is 0 Å². The van der Waals surface area contributed by atoms with Crippen LogP contribution in [0.15, 0.2) is 4.99 Å². The number of ether oxygens (including phenoxy) is 1. The van der Waals surface area contributed by atoms with E-state index in [4.69, 9.17) is 4.74 Å². The Balaban J connectivity index is 2.31. The Kier molecular flexibility index (Phi) is 9.00. The first-order chi connectivity index (χ1) is 13.3. The van der Waals surface area contributed by atoms with Crippen molar-refractivity contribution >= 4 is 22.1 Å². The van der Waals surface area contributed by atoms with Gasteiger partial charge >= 0.3 is 21.6 Å². The first-order valence-corrected chi connectivity index (χ1v) is 10.7. The van der Waals surface area contributed by atoms with Crippen molar-refractivity contribution in [1.82, 2.24) is 20.3 Å². The molecule has 0 radical (unpaired) electrons. The van der Waals surface area contributed by atoms with E-state index in [-0.39, 0.29) is 32.0 Å². The average molecular weight is 446 g/mol. The van der Waals surface area contributed by atoms with Gasteiger partial charge in [0.15, 0.2) is 5.96 Å². The van der Waals surface area contributed by atoms with Crippen molar-refractivity contribution in [2.45, 2.75) is 57.2 Å². The van der Waals surface area contributed by atoms with Gasteiger partial charge in [-0.05, 0) is 40.0 Å². The fourth-order valence-corrected chi connectivity index (χ4v) is 3.56. The summed E-state index contributed by atoms with van der Waals surface area (Å²) in [5, 5.41) is 8.74. The summed E-state index contributed by atoms with van der Waals surface area (Å²) in [5.74, 6) is 0.458. The van der Waals surface area contributed by atoms with Crippen molar-refractivity contribution in [2.24, 2.45) is 4.99 Å². The van der Waals surface area contributed by atoms with E-state index in [0.29, 0.717) is 29.8 Å². The Labute approximate surface area is 169 Å². The van der Waals surface area contributed by atoms with Crippen molar-refractivity contribution in [3.8, 4) is 0 Å². The summed E-state index contributed by atoms with van der Waals surface area (Å²) >= 11 is 0. The number of alkyl halides is 3. The summed E-state index contributed by atoms with van der Waals surface area (Å²) in [5.41, 5.74) is -5.85. The summed E-state index contributed by atoms with van der Waals surface area (Å²) in [6.45, 7) is 5.78. The van der Waals surface area contributed by atoms with Crippen molar-refractivity contribution in [1.29, 1.82) is 0 Å². The van der Waals surface area contributed by atoms with E-state index < -0.39 is 27.2 Å². The molecule has 1 saturated heterocycles. The largest absolute Gasteiger partial charge is 0.511 e. The molecule has 0 aliphatic carbocycles. The van der Waals surface area contributed by atoms with Gasteiger partial charge < -0.3 is 20.7 Å². The van der Waals surface area contributed by atoms with Crippen LogP contribution in [-0.4, -0.2) is 75.2 Å². The van der Waals surface area contributed by atoms with Gasteiger partial charge in [-0.25, -0.2) is 13.2 Å². The predicted molar refractivity (Wildman–Crippen MR) is 103 cm³/mol. The van der Waals surface area contributed by atoms with E-state index in [0.717, 1.165) is 0 Å². The Morgan fingerprint density at radius 2 is 1.69 bits per heavy atom. The number of alkyl carbamates (subject to hydrolysis) is 1. The third-order valence-electron chi connectivity index (χ3n) is 3.97. The van der Waals surface area contributed by atoms with Crippen molar-refractivity contribution in [3.63, 3.8) is 0 Å². The molecule has 0 spiro atoms. The molecule has 1 fully saturated rings. The van der Waals surface area contributed by atoms with E-state index in [1.165, 1.54) is 0 Å². The molecule has 1 amide bonds. The number of amides is 1. The van der Waals surface area contributed by atoms with Gasteiger partial charge in [-0.15, -0.1) is 0 Å². The standard InChI is InChI=1S/C16H30F3N5O4S/c1-15(2,3)28-14(25)22-9-5-8-21-13(20-4)23-12-6-10-24(11-7-12)29(26,27)16(17,18)19/h12H,5-11H2,1-4H3,(H,22,25)(H2,20,21,23). The lowest BCUT2D eigenvalue weighted by molar-refractivity contribution is -0.0494. The first kappa shape index (κ1) is 25.3. The Morgan fingerprint density at radius 1 is 1.14 bits per heavy atom. The van der Waals surface area contributed by atoms with Gasteiger partial charge in [0.05, 0.1) is 0 Å². The maximum absolute atomic E-state index is 12.6. The fourth-order valence-electron chi connectivity index (χ4n) is 2.57. The van der Waals surface area contributed by atoms with Crippen LogP contribution in [0.1, 0.15) is 40.0 Å². The molecule has 3 N–H and O–H groups in total. The molecule has 1 aliphatic rings. The molecule has 1 heterocycles. The van der Waals surface area contributed by atoms with Gasteiger partial charge in [-0.1, -0.05) is 0 Å². The number of guanidine groups is 1. The second-order valence-electron chi connectivity index (χ2n) is 7.55. The van der Waals surface area contributed by atoms with Crippen LogP contribution < -0.4 is 16.0 Å². The highest BCUT2D eigenvalue weighted by Crippen LogP contribution is 2.28. The topological polar surface area (TPSA) is 112 Å².